The van der Waals surface area contributed by atoms with Crippen LogP contribution < -0.4 is 5.32 Å². The number of piperidine rings is 1. The van der Waals surface area contributed by atoms with Crippen molar-refractivity contribution in [1.82, 2.24) is 14.1 Å². The second-order valence-electron chi connectivity index (χ2n) is 8.34. The molecule has 8 heteroatoms. The summed E-state index contributed by atoms with van der Waals surface area (Å²) >= 11 is 0. The smallest absolute Gasteiger partial charge is 0.243 e. The number of carbonyl (C=O) groups is 1. The lowest BCUT2D eigenvalue weighted by molar-refractivity contribution is -0.121. The van der Waals surface area contributed by atoms with Crippen LogP contribution in [-0.2, 0) is 21.4 Å². The molecule has 0 aliphatic carbocycles. The van der Waals surface area contributed by atoms with Crippen molar-refractivity contribution in [3.05, 3.63) is 77.5 Å². The molecule has 1 N–H and O–H groups in total. The van der Waals surface area contributed by atoms with Gasteiger partial charge in [0.1, 0.15) is 5.82 Å². The molecule has 0 unspecified atom stereocenters. The van der Waals surface area contributed by atoms with Crippen molar-refractivity contribution in [2.75, 3.05) is 18.4 Å². The molecule has 168 valence electrons. The largest absolute Gasteiger partial charge is 0.311 e. The number of benzene rings is 2. The van der Waals surface area contributed by atoms with E-state index >= 15 is 0 Å². The van der Waals surface area contributed by atoms with Gasteiger partial charge in [0.15, 0.2) is 0 Å². The van der Waals surface area contributed by atoms with Crippen molar-refractivity contribution >= 4 is 21.7 Å². The zero-order chi connectivity index (χ0) is 22.7. The first-order valence-corrected chi connectivity index (χ1v) is 12.2. The molecular formula is C24H28N4O3S. The molecular weight excluding hydrogens is 424 g/mol. The molecule has 1 aliphatic heterocycles. The Labute approximate surface area is 189 Å². The van der Waals surface area contributed by atoms with E-state index < -0.39 is 10.0 Å². The minimum Gasteiger partial charge on any atom is -0.311 e. The first kappa shape index (κ1) is 22.2. The van der Waals surface area contributed by atoms with E-state index in [9.17, 15) is 13.2 Å². The summed E-state index contributed by atoms with van der Waals surface area (Å²) in [5.74, 6) is 0.316. The fourth-order valence-electron chi connectivity index (χ4n) is 3.99. The van der Waals surface area contributed by atoms with Gasteiger partial charge in [0, 0.05) is 25.1 Å². The predicted octanol–water partition coefficient (Wildman–Crippen LogP) is 3.59. The molecule has 1 amide bonds. The Morgan fingerprint density at radius 3 is 2.44 bits per heavy atom. The molecule has 0 bridgehead atoms. The van der Waals surface area contributed by atoms with E-state index in [1.807, 2.05) is 32.0 Å². The fourth-order valence-corrected chi connectivity index (χ4v) is 5.46. The first-order chi connectivity index (χ1) is 15.3. The summed E-state index contributed by atoms with van der Waals surface area (Å²) in [5.41, 5.74) is 3.30. The summed E-state index contributed by atoms with van der Waals surface area (Å²) in [5, 5.41) is 7.32. The number of aryl methyl sites for hydroxylation is 2. The highest BCUT2D eigenvalue weighted by Gasteiger charge is 2.32. The number of nitrogens with one attached hydrogen (secondary N) is 1. The third-order valence-electron chi connectivity index (χ3n) is 5.87. The maximum absolute atomic E-state index is 12.9. The zero-order valence-corrected chi connectivity index (χ0v) is 19.2. The number of rotatable bonds is 6. The normalized spacial score (nSPS) is 15.6. The molecule has 4 rings (SSSR count). The molecule has 0 radical (unpaired) electrons. The van der Waals surface area contributed by atoms with Gasteiger partial charge in [0.25, 0.3) is 0 Å². The maximum Gasteiger partial charge on any atom is 0.243 e. The third kappa shape index (κ3) is 4.92. The summed E-state index contributed by atoms with van der Waals surface area (Å²) in [6.45, 7) is 5.19. The van der Waals surface area contributed by atoms with Crippen molar-refractivity contribution in [1.29, 1.82) is 0 Å². The molecule has 2 heterocycles. The molecule has 7 nitrogen and oxygen atoms in total. The van der Waals surface area contributed by atoms with Crippen molar-refractivity contribution in [2.45, 2.75) is 38.1 Å². The second-order valence-corrected chi connectivity index (χ2v) is 10.3. The van der Waals surface area contributed by atoms with E-state index in [0.717, 1.165) is 11.1 Å². The summed E-state index contributed by atoms with van der Waals surface area (Å²) in [4.78, 5) is 13.2. The topological polar surface area (TPSA) is 84.3 Å². The van der Waals surface area contributed by atoms with Crippen molar-refractivity contribution in [2.24, 2.45) is 5.92 Å². The molecule has 0 spiro atoms. The Hall–Kier alpha value is -2.97. The van der Waals surface area contributed by atoms with Gasteiger partial charge in [-0.25, -0.2) is 13.1 Å². The lowest BCUT2D eigenvalue weighted by atomic mass is 9.97. The molecule has 1 fully saturated rings. The molecule has 1 aromatic heterocycles. The quantitative estimate of drug-likeness (QED) is 0.620. The highest BCUT2D eigenvalue weighted by atomic mass is 32.2. The zero-order valence-electron chi connectivity index (χ0n) is 18.4. The van der Waals surface area contributed by atoms with Crippen LogP contribution in [0.2, 0.25) is 0 Å². The average Bonchev–Trinajstić information content (AvgIpc) is 3.20. The summed E-state index contributed by atoms with van der Waals surface area (Å²) < 4.78 is 29.0. The number of sulfonamides is 1. The minimum atomic E-state index is -3.54. The molecule has 0 saturated carbocycles. The van der Waals surface area contributed by atoms with E-state index in [4.69, 9.17) is 0 Å². The van der Waals surface area contributed by atoms with Gasteiger partial charge in [0.05, 0.1) is 17.6 Å². The number of aromatic nitrogens is 2. The Balaban J connectivity index is 1.36. The van der Waals surface area contributed by atoms with Crippen LogP contribution in [0.1, 0.15) is 29.5 Å². The van der Waals surface area contributed by atoms with E-state index in [-0.39, 0.29) is 11.8 Å². The van der Waals surface area contributed by atoms with E-state index in [0.29, 0.717) is 43.2 Å². The summed E-state index contributed by atoms with van der Waals surface area (Å²) in [6.07, 6.45) is 2.65. The Morgan fingerprint density at radius 1 is 1.03 bits per heavy atom. The highest BCUT2D eigenvalue weighted by Crippen LogP contribution is 2.25. The van der Waals surface area contributed by atoms with Gasteiger partial charge in [0.2, 0.25) is 15.9 Å². The van der Waals surface area contributed by atoms with Crippen LogP contribution in [0.15, 0.2) is 65.7 Å². The van der Waals surface area contributed by atoms with E-state index in [1.54, 1.807) is 41.2 Å². The van der Waals surface area contributed by atoms with Crippen LogP contribution in [-0.4, -0.2) is 41.5 Å². The van der Waals surface area contributed by atoms with Gasteiger partial charge in [-0.1, -0.05) is 47.5 Å². The van der Waals surface area contributed by atoms with E-state index in [2.05, 4.69) is 16.5 Å². The van der Waals surface area contributed by atoms with Gasteiger partial charge in [-0.05, 0) is 44.4 Å². The molecule has 2 aromatic carbocycles. The number of hydrogen-bond donors (Lipinski definition) is 1. The summed E-state index contributed by atoms with van der Waals surface area (Å²) in [7, 11) is -3.54. The van der Waals surface area contributed by atoms with Gasteiger partial charge in [-0.3, -0.25) is 4.79 Å². The Morgan fingerprint density at radius 2 is 1.75 bits per heavy atom. The van der Waals surface area contributed by atoms with Gasteiger partial charge in [-0.15, -0.1) is 0 Å². The lowest BCUT2D eigenvalue weighted by Gasteiger charge is -2.30. The maximum atomic E-state index is 12.9. The van der Waals surface area contributed by atoms with Crippen LogP contribution in [0, 0.1) is 19.8 Å². The lowest BCUT2D eigenvalue weighted by Crippen LogP contribution is -2.41. The Kier molecular flexibility index (Phi) is 6.43. The summed E-state index contributed by atoms with van der Waals surface area (Å²) in [6, 6.07) is 16.8. The predicted molar refractivity (Wildman–Crippen MR) is 124 cm³/mol. The highest BCUT2D eigenvalue weighted by molar-refractivity contribution is 7.89. The second kappa shape index (κ2) is 9.26. The molecule has 32 heavy (non-hydrogen) atoms. The standard InChI is InChI=1S/C24H28N4O3S/c1-18-6-8-22(9-7-18)32(30,31)27-14-11-21(12-15-27)24(29)26-23-10-13-25-28(23)17-20-5-3-4-19(2)16-20/h3-10,13,16,21H,11-12,14-15,17H2,1-2H3,(H,26,29). The third-order valence-corrected chi connectivity index (χ3v) is 7.78. The SMILES string of the molecule is Cc1ccc(S(=O)(=O)N2CCC(C(=O)Nc3ccnn3Cc3cccc(C)c3)CC2)cc1. The van der Waals surface area contributed by atoms with Crippen LogP contribution in [0.25, 0.3) is 0 Å². The fraction of sp³-hybridized carbons (Fsp3) is 0.333. The van der Waals surface area contributed by atoms with Crippen LogP contribution in [0.4, 0.5) is 5.82 Å². The monoisotopic (exact) mass is 452 g/mol. The van der Waals surface area contributed by atoms with Crippen molar-refractivity contribution < 1.29 is 13.2 Å². The van der Waals surface area contributed by atoms with Crippen LogP contribution in [0.3, 0.4) is 0 Å². The molecule has 0 atom stereocenters. The Bertz CT molecular complexity index is 1190. The average molecular weight is 453 g/mol. The molecule has 1 saturated heterocycles. The number of nitrogens with zero attached hydrogens (tertiary/aromatic N) is 3. The number of carbonyl (C=O) groups excluding carboxylic acids is 1. The molecule has 3 aromatic rings. The minimum absolute atomic E-state index is 0.0941. The number of amides is 1. The van der Waals surface area contributed by atoms with Crippen molar-refractivity contribution in [3.63, 3.8) is 0 Å². The van der Waals surface area contributed by atoms with Crippen LogP contribution in [0.5, 0.6) is 0 Å². The number of anilines is 1. The van der Waals surface area contributed by atoms with Gasteiger partial charge < -0.3 is 5.32 Å². The molecule has 1 aliphatic rings. The number of hydrogen-bond acceptors (Lipinski definition) is 4. The first-order valence-electron chi connectivity index (χ1n) is 10.8. The van der Waals surface area contributed by atoms with Gasteiger partial charge >= 0.3 is 0 Å². The van der Waals surface area contributed by atoms with Crippen molar-refractivity contribution in [3.8, 4) is 0 Å². The van der Waals surface area contributed by atoms with Gasteiger partial charge in [-0.2, -0.15) is 9.40 Å². The van der Waals surface area contributed by atoms with Crippen LogP contribution >= 0.6 is 0 Å². The van der Waals surface area contributed by atoms with E-state index in [1.165, 1.54) is 9.87 Å².